The highest BCUT2D eigenvalue weighted by Crippen LogP contribution is 2.29. The summed E-state index contributed by atoms with van der Waals surface area (Å²) in [6.07, 6.45) is -4.44. The first-order valence-corrected chi connectivity index (χ1v) is 5.77. The number of carbonyl (C=O) groups is 1. The molecule has 0 saturated carbocycles. The normalized spacial score (nSPS) is 11.4. The minimum absolute atomic E-state index is 0.129. The Morgan fingerprint density at radius 3 is 2.00 bits per heavy atom. The molecule has 0 N–H and O–H groups in total. The van der Waals surface area contributed by atoms with Crippen LogP contribution in [-0.2, 0) is 6.18 Å². The smallest absolute Gasteiger partial charge is 0.289 e. The van der Waals surface area contributed by atoms with E-state index in [-0.39, 0.29) is 11.1 Å². The van der Waals surface area contributed by atoms with E-state index in [0.717, 1.165) is 30.3 Å². The van der Waals surface area contributed by atoms with E-state index in [4.69, 9.17) is 0 Å². The van der Waals surface area contributed by atoms with Gasteiger partial charge >= 0.3 is 6.18 Å². The van der Waals surface area contributed by atoms with Gasteiger partial charge in [0.15, 0.2) is 5.78 Å². The van der Waals surface area contributed by atoms with Gasteiger partial charge in [-0.1, -0.05) is 12.1 Å². The van der Waals surface area contributed by atoms with Crippen LogP contribution in [-0.4, -0.2) is 5.78 Å². The molecule has 0 radical (unpaired) electrons. The Hall–Kier alpha value is -2.17. The first kappa shape index (κ1) is 14.2. The van der Waals surface area contributed by atoms with E-state index in [9.17, 15) is 22.4 Å². The number of rotatable bonds is 2. The van der Waals surface area contributed by atoms with Crippen molar-refractivity contribution in [3.63, 3.8) is 0 Å². The molecule has 0 bridgehead atoms. The number of ketones is 1. The molecule has 2 aromatic rings. The summed E-state index contributed by atoms with van der Waals surface area (Å²) >= 11 is 0. The number of hydrogen-bond acceptors (Lipinski definition) is 1. The number of benzene rings is 2. The van der Waals surface area contributed by atoms with Crippen LogP contribution in [0.4, 0.5) is 17.6 Å². The number of hydrogen-bond donors (Lipinski definition) is 0. The molecule has 0 aliphatic rings. The van der Waals surface area contributed by atoms with Gasteiger partial charge in [-0.3, -0.25) is 4.79 Å². The largest absolute Gasteiger partial charge is 0.416 e. The highest BCUT2D eigenvalue weighted by Gasteiger charge is 2.30. The molecule has 2 aromatic carbocycles. The zero-order valence-corrected chi connectivity index (χ0v) is 10.5. The van der Waals surface area contributed by atoms with E-state index < -0.39 is 23.3 Å². The Morgan fingerprint density at radius 1 is 0.950 bits per heavy atom. The molecule has 1 nitrogen and oxygen atoms in total. The van der Waals surface area contributed by atoms with Gasteiger partial charge in [-0.25, -0.2) is 4.39 Å². The predicted molar refractivity (Wildman–Crippen MR) is 66.0 cm³/mol. The summed E-state index contributed by atoms with van der Waals surface area (Å²) in [5, 5.41) is 0. The van der Waals surface area contributed by atoms with Gasteiger partial charge in [0.1, 0.15) is 5.82 Å². The first-order valence-electron chi connectivity index (χ1n) is 5.77. The van der Waals surface area contributed by atoms with Crippen LogP contribution in [0, 0.1) is 12.7 Å². The molecule has 0 aliphatic carbocycles. The number of halogens is 4. The van der Waals surface area contributed by atoms with Crippen LogP contribution >= 0.6 is 0 Å². The standard InChI is InChI=1S/C15H10F4O/c1-9-8-11(4-7-13(9)16)14(20)10-2-5-12(6-3-10)15(17,18)19/h2-8H,1H3. The third-order valence-electron chi connectivity index (χ3n) is 2.89. The van der Waals surface area contributed by atoms with Gasteiger partial charge in [-0.2, -0.15) is 13.2 Å². The van der Waals surface area contributed by atoms with Crippen LogP contribution in [0.25, 0.3) is 0 Å². The van der Waals surface area contributed by atoms with E-state index in [2.05, 4.69) is 0 Å². The van der Waals surface area contributed by atoms with Gasteiger partial charge in [0, 0.05) is 11.1 Å². The SMILES string of the molecule is Cc1cc(C(=O)c2ccc(C(F)(F)F)cc2)ccc1F. The quantitative estimate of drug-likeness (QED) is 0.590. The number of aryl methyl sites for hydroxylation is 1. The van der Waals surface area contributed by atoms with E-state index in [1.165, 1.54) is 19.1 Å². The lowest BCUT2D eigenvalue weighted by Gasteiger charge is -2.07. The highest BCUT2D eigenvalue weighted by atomic mass is 19.4. The monoisotopic (exact) mass is 282 g/mol. The molecule has 0 spiro atoms. The van der Waals surface area contributed by atoms with Crippen molar-refractivity contribution in [3.8, 4) is 0 Å². The van der Waals surface area contributed by atoms with Gasteiger partial charge in [0.05, 0.1) is 5.56 Å². The summed E-state index contributed by atoms with van der Waals surface area (Å²) in [6, 6.07) is 7.77. The molecule has 5 heteroatoms. The fourth-order valence-electron chi connectivity index (χ4n) is 1.76. The van der Waals surface area contributed by atoms with Crippen molar-refractivity contribution < 1.29 is 22.4 Å². The van der Waals surface area contributed by atoms with Crippen molar-refractivity contribution in [2.75, 3.05) is 0 Å². The maximum Gasteiger partial charge on any atom is 0.416 e. The van der Waals surface area contributed by atoms with Crippen molar-refractivity contribution in [1.82, 2.24) is 0 Å². The zero-order chi connectivity index (χ0) is 14.9. The third kappa shape index (κ3) is 2.87. The molecule has 2 rings (SSSR count). The van der Waals surface area contributed by atoms with Gasteiger partial charge < -0.3 is 0 Å². The Balaban J connectivity index is 2.31. The molecule has 0 amide bonds. The summed E-state index contributed by atoms with van der Waals surface area (Å²) in [5.41, 5.74) is -0.139. The molecule has 0 aliphatic heterocycles. The van der Waals surface area contributed by atoms with Gasteiger partial charge in [-0.05, 0) is 42.8 Å². The van der Waals surface area contributed by atoms with Gasteiger partial charge in [0.25, 0.3) is 0 Å². The van der Waals surface area contributed by atoms with Crippen LogP contribution in [0.1, 0.15) is 27.0 Å². The molecule has 104 valence electrons. The van der Waals surface area contributed by atoms with Crippen LogP contribution in [0.15, 0.2) is 42.5 Å². The van der Waals surface area contributed by atoms with Gasteiger partial charge in [0.2, 0.25) is 0 Å². The summed E-state index contributed by atoms with van der Waals surface area (Å²) in [4.78, 5) is 12.1. The second-order valence-corrected chi connectivity index (χ2v) is 4.37. The van der Waals surface area contributed by atoms with Crippen LogP contribution in [0.5, 0.6) is 0 Å². The molecule has 20 heavy (non-hydrogen) atoms. The van der Waals surface area contributed by atoms with E-state index >= 15 is 0 Å². The van der Waals surface area contributed by atoms with Crippen LogP contribution in [0.2, 0.25) is 0 Å². The summed E-state index contributed by atoms with van der Waals surface area (Å²) in [7, 11) is 0. The van der Waals surface area contributed by atoms with Gasteiger partial charge in [-0.15, -0.1) is 0 Å². The Morgan fingerprint density at radius 2 is 1.50 bits per heavy atom. The van der Waals surface area contributed by atoms with Crippen molar-refractivity contribution >= 4 is 5.78 Å². The molecule has 0 saturated heterocycles. The maximum absolute atomic E-state index is 13.1. The molecule has 0 heterocycles. The lowest BCUT2D eigenvalue weighted by Crippen LogP contribution is -2.07. The topological polar surface area (TPSA) is 17.1 Å². The second-order valence-electron chi connectivity index (χ2n) is 4.37. The summed E-state index contributed by atoms with van der Waals surface area (Å²) < 4.78 is 50.4. The van der Waals surface area contributed by atoms with E-state index in [0.29, 0.717) is 5.56 Å². The average Bonchev–Trinajstić information content (AvgIpc) is 2.40. The molecule has 0 fully saturated rings. The highest BCUT2D eigenvalue weighted by molar-refractivity contribution is 6.09. The minimum Gasteiger partial charge on any atom is -0.289 e. The van der Waals surface area contributed by atoms with Crippen molar-refractivity contribution in [3.05, 3.63) is 70.5 Å². The van der Waals surface area contributed by atoms with Crippen LogP contribution in [0.3, 0.4) is 0 Å². The third-order valence-corrected chi connectivity index (χ3v) is 2.89. The van der Waals surface area contributed by atoms with Crippen molar-refractivity contribution in [2.45, 2.75) is 13.1 Å². The second kappa shape index (κ2) is 5.07. The average molecular weight is 282 g/mol. The zero-order valence-electron chi connectivity index (χ0n) is 10.5. The maximum atomic E-state index is 13.1. The van der Waals surface area contributed by atoms with Crippen LogP contribution < -0.4 is 0 Å². The molecular formula is C15H10F4O. The molecule has 0 unspecified atom stereocenters. The summed E-state index contributed by atoms with van der Waals surface area (Å²) in [5.74, 6) is -0.879. The minimum atomic E-state index is -4.44. The molecule has 0 aromatic heterocycles. The molecule has 0 atom stereocenters. The Bertz CT molecular complexity index is 642. The van der Waals surface area contributed by atoms with Crippen molar-refractivity contribution in [2.24, 2.45) is 0 Å². The lowest BCUT2D eigenvalue weighted by atomic mass is 10.0. The summed E-state index contributed by atoms with van der Waals surface area (Å²) in [6.45, 7) is 1.51. The Kier molecular flexibility index (Phi) is 3.61. The number of carbonyl (C=O) groups excluding carboxylic acids is 1. The van der Waals surface area contributed by atoms with E-state index in [1.807, 2.05) is 0 Å². The predicted octanol–water partition coefficient (Wildman–Crippen LogP) is 4.38. The number of alkyl halides is 3. The fraction of sp³-hybridized carbons (Fsp3) is 0.133. The fourth-order valence-corrected chi connectivity index (χ4v) is 1.76. The first-order chi connectivity index (χ1) is 9.29. The van der Waals surface area contributed by atoms with E-state index in [1.54, 1.807) is 0 Å². The Labute approximate surface area is 112 Å². The lowest BCUT2D eigenvalue weighted by molar-refractivity contribution is -0.137. The molecular weight excluding hydrogens is 272 g/mol. The van der Waals surface area contributed by atoms with Crippen molar-refractivity contribution in [1.29, 1.82) is 0 Å².